The lowest BCUT2D eigenvalue weighted by Gasteiger charge is -2.24. The molecule has 94 valence electrons. The number of hydrogen-bond acceptors (Lipinski definition) is 2. The van der Waals surface area contributed by atoms with E-state index in [2.05, 4.69) is 22.4 Å². The number of fused-ring (bicyclic) bond motifs is 1. The number of rotatable bonds is 2. The van der Waals surface area contributed by atoms with E-state index in [0.717, 1.165) is 21.6 Å². The number of nitrogens with one attached hydrogen (secondary N) is 1. The van der Waals surface area contributed by atoms with Crippen molar-refractivity contribution < 1.29 is 0 Å². The zero-order valence-corrected chi connectivity index (χ0v) is 11.1. The summed E-state index contributed by atoms with van der Waals surface area (Å²) >= 11 is 6.18. The second-order valence-electron chi connectivity index (χ2n) is 4.97. The van der Waals surface area contributed by atoms with E-state index in [9.17, 15) is 0 Å². The van der Waals surface area contributed by atoms with Crippen LogP contribution in [0.25, 0.3) is 10.9 Å². The molecule has 3 heteroatoms. The summed E-state index contributed by atoms with van der Waals surface area (Å²) in [5, 5.41) is 5.50. The molecule has 0 unspecified atom stereocenters. The second kappa shape index (κ2) is 5.15. The molecule has 0 radical (unpaired) electrons. The van der Waals surface area contributed by atoms with Gasteiger partial charge >= 0.3 is 0 Å². The molecule has 1 N–H and O–H groups in total. The Labute approximate surface area is 112 Å². The van der Waals surface area contributed by atoms with Gasteiger partial charge in [0, 0.05) is 23.3 Å². The Morgan fingerprint density at radius 3 is 2.78 bits per heavy atom. The molecule has 2 aromatic rings. The van der Waals surface area contributed by atoms with E-state index in [1.807, 2.05) is 12.1 Å². The normalized spacial score (nSPS) is 16.9. The fourth-order valence-corrected chi connectivity index (χ4v) is 2.94. The van der Waals surface area contributed by atoms with E-state index in [4.69, 9.17) is 11.6 Å². The molecular formula is C15H17ClN2. The first-order valence-corrected chi connectivity index (χ1v) is 7.02. The summed E-state index contributed by atoms with van der Waals surface area (Å²) in [6.45, 7) is 0. The van der Waals surface area contributed by atoms with Crippen LogP contribution in [-0.4, -0.2) is 11.0 Å². The van der Waals surface area contributed by atoms with Crippen molar-refractivity contribution in [2.75, 3.05) is 5.32 Å². The number of nitrogens with zero attached hydrogens (tertiary/aromatic N) is 1. The van der Waals surface area contributed by atoms with Crippen LogP contribution in [-0.2, 0) is 0 Å². The number of aromatic nitrogens is 1. The first-order chi connectivity index (χ1) is 8.84. The highest BCUT2D eigenvalue weighted by Crippen LogP contribution is 2.30. The van der Waals surface area contributed by atoms with Crippen molar-refractivity contribution >= 4 is 28.2 Å². The topological polar surface area (TPSA) is 24.9 Å². The minimum atomic E-state index is 0.600. The molecule has 1 saturated carbocycles. The third-order valence-corrected chi connectivity index (χ3v) is 3.99. The Balaban J connectivity index is 1.94. The zero-order chi connectivity index (χ0) is 12.4. The molecule has 1 heterocycles. The largest absolute Gasteiger partial charge is 0.382 e. The van der Waals surface area contributed by atoms with Crippen LogP contribution >= 0.6 is 11.6 Å². The fourth-order valence-electron chi connectivity index (χ4n) is 2.73. The molecular weight excluding hydrogens is 244 g/mol. The third-order valence-electron chi connectivity index (χ3n) is 3.69. The lowest BCUT2D eigenvalue weighted by Crippen LogP contribution is -2.22. The molecule has 1 aromatic carbocycles. The molecule has 2 nitrogen and oxygen atoms in total. The van der Waals surface area contributed by atoms with E-state index < -0.39 is 0 Å². The van der Waals surface area contributed by atoms with Crippen molar-refractivity contribution in [3.63, 3.8) is 0 Å². The Morgan fingerprint density at radius 2 is 1.94 bits per heavy atom. The van der Waals surface area contributed by atoms with Crippen LogP contribution in [0.15, 0.2) is 30.5 Å². The van der Waals surface area contributed by atoms with Crippen molar-refractivity contribution in [2.45, 2.75) is 38.1 Å². The second-order valence-corrected chi connectivity index (χ2v) is 5.38. The molecule has 18 heavy (non-hydrogen) atoms. The third kappa shape index (κ3) is 2.30. The number of pyridine rings is 1. The molecule has 0 spiro atoms. The van der Waals surface area contributed by atoms with Crippen molar-refractivity contribution in [3.05, 3.63) is 35.5 Å². The van der Waals surface area contributed by atoms with Crippen molar-refractivity contribution in [3.8, 4) is 0 Å². The summed E-state index contributed by atoms with van der Waals surface area (Å²) in [5.41, 5.74) is 2.05. The van der Waals surface area contributed by atoms with Crippen LogP contribution in [0.3, 0.4) is 0 Å². The summed E-state index contributed by atoms with van der Waals surface area (Å²) in [4.78, 5) is 4.36. The molecule has 1 fully saturated rings. The number of halogens is 1. The molecule has 3 rings (SSSR count). The van der Waals surface area contributed by atoms with Gasteiger partial charge in [0.1, 0.15) is 0 Å². The maximum Gasteiger partial charge on any atom is 0.0908 e. The minimum absolute atomic E-state index is 0.600. The van der Waals surface area contributed by atoms with Gasteiger partial charge in [0.25, 0.3) is 0 Å². The van der Waals surface area contributed by atoms with E-state index in [1.165, 1.54) is 32.1 Å². The maximum atomic E-state index is 6.18. The number of hydrogen-bond donors (Lipinski definition) is 1. The Kier molecular flexibility index (Phi) is 3.37. The van der Waals surface area contributed by atoms with Gasteiger partial charge in [-0.25, -0.2) is 0 Å². The van der Waals surface area contributed by atoms with Crippen molar-refractivity contribution in [2.24, 2.45) is 0 Å². The number of anilines is 1. The van der Waals surface area contributed by atoms with Gasteiger partial charge in [-0.1, -0.05) is 30.9 Å². The maximum absolute atomic E-state index is 6.18. The molecule has 0 saturated heterocycles. The van der Waals surface area contributed by atoms with Gasteiger partial charge in [-0.3, -0.25) is 4.98 Å². The zero-order valence-electron chi connectivity index (χ0n) is 10.3. The van der Waals surface area contributed by atoms with Gasteiger partial charge in [0.05, 0.1) is 10.5 Å². The predicted molar refractivity (Wildman–Crippen MR) is 77.2 cm³/mol. The lowest BCUT2D eigenvalue weighted by molar-refractivity contribution is 0.463. The average Bonchev–Trinajstić information content (AvgIpc) is 2.44. The van der Waals surface area contributed by atoms with E-state index in [1.54, 1.807) is 6.20 Å². The molecule has 1 aliphatic rings. The summed E-state index contributed by atoms with van der Waals surface area (Å²) in [5.74, 6) is 0. The summed E-state index contributed by atoms with van der Waals surface area (Å²) in [6.07, 6.45) is 8.37. The highest BCUT2D eigenvalue weighted by Gasteiger charge is 2.14. The Hall–Kier alpha value is -1.28. The van der Waals surface area contributed by atoms with Gasteiger partial charge in [-0.05, 0) is 37.1 Å². The highest BCUT2D eigenvalue weighted by molar-refractivity contribution is 6.35. The Morgan fingerprint density at radius 1 is 1.11 bits per heavy atom. The fraction of sp³-hybridized carbons (Fsp3) is 0.400. The molecule has 1 aromatic heterocycles. The molecule has 0 amide bonds. The van der Waals surface area contributed by atoms with E-state index in [-0.39, 0.29) is 0 Å². The lowest BCUT2D eigenvalue weighted by atomic mass is 9.95. The Bertz CT molecular complexity index is 547. The molecule has 0 aliphatic heterocycles. The monoisotopic (exact) mass is 260 g/mol. The molecule has 0 atom stereocenters. The van der Waals surface area contributed by atoms with Crippen molar-refractivity contribution in [1.82, 2.24) is 4.98 Å². The summed E-state index contributed by atoms with van der Waals surface area (Å²) < 4.78 is 0. The van der Waals surface area contributed by atoms with Crippen LogP contribution in [0.5, 0.6) is 0 Å². The van der Waals surface area contributed by atoms with Crippen LogP contribution in [0.2, 0.25) is 5.02 Å². The molecule has 1 aliphatic carbocycles. The highest BCUT2D eigenvalue weighted by atomic mass is 35.5. The standard InChI is InChI=1S/C15H17ClN2/c16-13-8-9-14(12-7-4-10-17-15(12)13)18-11-5-2-1-3-6-11/h4,7-11,18H,1-3,5-6H2. The van der Waals surface area contributed by atoms with Gasteiger partial charge in [0.15, 0.2) is 0 Å². The summed E-state index contributed by atoms with van der Waals surface area (Å²) in [7, 11) is 0. The van der Waals surface area contributed by atoms with Crippen LogP contribution in [0.4, 0.5) is 5.69 Å². The van der Waals surface area contributed by atoms with E-state index in [0.29, 0.717) is 6.04 Å². The van der Waals surface area contributed by atoms with Crippen LogP contribution in [0.1, 0.15) is 32.1 Å². The average molecular weight is 261 g/mol. The summed E-state index contributed by atoms with van der Waals surface area (Å²) in [6, 6.07) is 8.65. The van der Waals surface area contributed by atoms with Crippen LogP contribution in [0, 0.1) is 0 Å². The minimum Gasteiger partial charge on any atom is -0.382 e. The first kappa shape index (κ1) is 11.8. The quantitative estimate of drug-likeness (QED) is 0.851. The van der Waals surface area contributed by atoms with E-state index >= 15 is 0 Å². The van der Waals surface area contributed by atoms with Gasteiger partial charge in [0.2, 0.25) is 0 Å². The smallest absolute Gasteiger partial charge is 0.0908 e. The SMILES string of the molecule is Clc1ccc(NC2CCCCC2)c2cccnc12. The first-order valence-electron chi connectivity index (χ1n) is 6.64. The van der Waals surface area contributed by atoms with Crippen LogP contribution < -0.4 is 5.32 Å². The number of benzene rings is 1. The van der Waals surface area contributed by atoms with Gasteiger partial charge in [-0.2, -0.15) is 0 Å². The van der Waals surface area contributed by atoms with Crippen molar-refractivity contribution in [1.29, 1.82) is 0 Å². The predicted octanol–water partition coefficient (Wildman–Crippen LogP) is 4.63. The van der Waals surface area contributed by atoms with Gasteiger partial charge < -0.3 is 5.32 Å². The molecule has 0 bridgehead atoms. The van der Waals surface area contributed by atoms with Gasteiger partial charge in [-0.15, -0.1) is 0 Å².